The van der Waals surface area contributed by atoms with Gasteiger partial charge in [0, 0.05) is 12.2 Å². The minimum absolute atomic E-state index is 0.783. The van der Waals surface area contributed by atoms with Gasteiger partial charge in [-0.05, 0) is 62.5 Å². The van der Waals surface area contributed by atoms with Gasteiger partial charge in [0.05, 0.1) is 6.61 Å². The molecule has 19 heavy (non-hydrogen) atoms. The van der Waals surface area contributed by atoms with Gasteiger partial charge in [-0.15, -0.1) is 0 Å². The van der Waals surface area contributed by atoms with E-state index in [4.69, 9.17) is 10.5 Å². The van der Waals surface area contributed by atoms with Crippen molar-refractivity contribution in [3.8, 4) is 5.75 Å². The van der Waals surface area contributed by atoms with Gasteiger partial charge in [0.15, 0.2) is 0 Å². The van der Waals surface area contributed by atoms with Crippen molar-refractivity contribution in [1.82, 2.24) is 4.90 Å². The fourth-order valence-electron chi connectivity index (χ4n) is 2.66. The summed E-state index contributed by atoms with van der Waals surface area (Å²) >= 11 is 0. The Balaban J connectivity index is 1.58. The van der Waals surface area contributed by atoms with Crippen molar-refractivity contribution in [1.29, 1.82) is 0 Å². The molecular formula is C16H26N2O. The van der Waals surface area contributed by atoms with Crippen molar-refractivity contribution < 1.29 is 4.74 Å². The number of nitrogens with two attached hydrogens (primary N) is 1. The van der Waals surface area contributed by atoms with Gasteiger partial charge in [-0.3, -0.25) is 0 Å². The number of ether oxygens (including phenoxy) is 1. The summed E-state index contributed by atoms with van der Waals surface area (Å²) in [6.45, 7) is 6.78. The second-order valence-electron chi connectivity index (χ2n) is 5.46. The van der Waals surface area contributed by atoms with Crippen LogP contribution in [-0.4, -0.2) is 31.1 Å². The predicted molar refractivity (Wildman–Crippen MR) is 80.4 cm³/mol. The molecule has 1 saturated heterocycles. The zero-order valence-electron chi connectivity index (χ0n) is 12.0. The molecule has 106 valence electrons. The average Bonchev–Trinajstić information content (AvgIpc) is 2.46. The molecule has 1 fully saturated rings. The van der Waals surface area contributed by atoms with Crippen LogP contribution in [0.4, 0.5) is 5.69 Å². The smallest absolute Gasteiger partial charge is 0.119 e. The van der Waals surface area contributed by atoms with Crippen LogP contribution in [0.2, 0.25) is 0 Å². The molecule has 0 aromatic heterocycles. The molecule has 0 amide bonds. The SMILES string of the molecule is CCC1CCN(CCCOc2ccc(N)cc2)CC1. The van der Waals surface area contributed by atoms with Crippen LogP contribution in [0.1, 0.15) is 32.6 Å². The summed E-state index contributed by atoms with van der Waals surface area (Å²) < 4.78 is 5.71. The van der Waals surface area contributed by atoms with Crippen molar-refractivity contribution in [2.24, 2.45) is 5.92 Å². The fraction of sp³-hybridized carbons (Fsp3) is 0.625. The van der Waals surface area contributed by atoms with Gasteiger partial charge < -0.3 is 15.4 Å². The van der Waals surface area contributed by atoms with Crippen molar-refractivity contribution in [2.45, 2.75) is 32.6 Å². The molecule has 2 N–H and O–H groups in total. The maximum Gasteiger partial charge on any atom is 0.119 e. The van der Waals surface area contributed by atoms with Crippen molar-refractivity contribution in [3.63, 3.8) is 0 Å². The molecule has 0 unspecified atom stereocenters. The molecule has 0 bridgehead atoms. The van der Waals surface area contributed by atoms with E-state index in [-0.39, 0.29) is 0 Å². The van der Waals surface area contributed by atoms with E-state index in [0.29, 0.717) is 0 Å². The van der Waals surface area contributed by atoms with Crippen LogP contribution in [-0.2, 0) is 0 Å². The lowest BCUT2D eigenvalue weighted by molar-refractivity contribution is 0.169. The predicted octanol–water partition coefficient (Wildman–Crippen LogP) is 3.16. The van der Waals surface area contributed by atoms with Crippen LogP contribution in [0.3, 0.4) is 0 Å². The number of nitrogen functional groups attached to an aromatic ring is 1. The second-order valence-corrected chi connectivity index (χ2v) is 5.46. The van der Waals surface area contributed by atoms with E-state index in [2.05, 4.69) is 11.8 Å². The Labute approximate surface area is 116 Å². The van der Waals surface area contributed by atoms with E-state index in [1.165, 1.54) is 32.4 Å². The lowest BCUT2D eigenvalue weighted by Gasteiger charge is -2.31. The number of hydrogen-bond acceptors (Lipinski definition) is 3. The highest BCUT2D eigenvalue weighted by Crippen LogP contribution is 2.20. The third kappa shape index (κ3) is 4.75. The molecule has 1 aromatic carbocycles. The van der Waals surface area contributed by atoms with E-state index in [9.17, 15) is 0 Å². The van der Waals surface area contributed by atoms with Crippen LogP contribution in [0.25, 0.3) is 0 Å². The molecule has 1 aliphatic heterocycles. The number of hydrogen-bond donors (Lipinski definition) is 1. The monoisotopic (exact) mass is 262 g/mol. The minimum Gasteiger partial charge on any atom is -0.494 e. The second kappa shape index (κ2) is 7.39. The molecule has 3 heteroatoms. The quantitative estimate of drug-likeness (QED) is 0.632. The van der Waals surface area contributed by atoms with Crippen LogP contribution in [0.15, 0.2) is 24.3 Å². The van der Waals surface area contributed by atoms with Gasteiger partial charge in [0.1, 0.15) is 5.75 Å². The summed E-state index contributed by atoms with van der Waals surface area (Å²) in [7, 11) is 0. The molecule has 1 aliphatic rings. The highest BCUT2D eigenvalue weighted by atomic mass is 16.5. The molecule has 0 atom stereocenters. The fourth-order valence-corrected chi connectivity index (χ4v) is 2.66. The lowest BCUT2D eigenvalue weighted by Crippen LogP contribution is -2.34. The maximum atomic E-state index is 5.71. The van der Waals surface area contributed by atoms with Gasteiger partial charge >= 0.3 is 0 Å². The number of anilines is 1. The number of rotatable bonds is 6. The van der Waals surface area contributed by atoms with Crippen molar-refractivity contribution in [2.75, 3.05) is 32.0 Å². The summed E-state index contributed by atoms with van der Waals surface area (Å²) in [5.41, 5.74) is 6.42. The Hall–Kier alpha value is -1.22. The zero-order chi connectivity index (χ0) is 13.5. The van der Waals surface area contributed by atoms with Crippen molar-refractivity contribution >= 4 is 5.69 Å². The summed E-state index contributed by atoms with van der Waals surface area (Å²) in [6, 6.07) is 7.62. The third-order valence-electron chi connectivity index (χ3n) is 4.05. The molecule has 0 aliphatic carbocycles. The van der Waals surface area contributed by atoms with Crippen LogP contribution >= 0.6 is 0 Å². The summed E-state index contributed by atoms with van der Waals surface area (Å²) in [4.78, 5) is 2.57. The largest absolute Gasteiger partial charge is 0.494 e. The highest BCUT2D eigenvalue weighted by Gasteiger charge is 2.16. The van der Waals surface area contributed by atoms with Gasteiger partial charge in [0.25, 0.3) is 0 Å². The number of nitrogens with zero attached hydrogens (tertiary/aromatic N) is 1. The Morgan fingerprint density at radius 2 is 1.89 bits per heavy atom. The minimum atomic E-state index is 0.783. The summed E-state index contributed by atoms with van der Waals surface area (Å²) in [5.74, 6) is 1.88. The molecule has 3 nitrogen and oxygen atoms in total. The molecular weight excluding hydrogens is 236 g/mol. The summed E-state index contributed by atoms with van der Waals surface area (Å²) in [6.07, 6.45) is 5.18. The van der Waals surface area contributed by atoms with E-state index in [1.54, 1.807) is 0 Å². The molecule has 1 aromatic rings. The first-order chi connectivity index (χ1) is 9.28. The first-order valence-electron chi connectivity index (χ1n) is 7.48. The average molecular weight is 262 g/mol. The molecule has 2 rings (SSSR count). The van der Waals surface area contributed by atoms with E-state index in [0.717, 1.165) is 36.9 Å². The van der Waals surface area contributed by atoms with Crippen LogP contribution < -0.4 is 10.5 Å². The van der Waals surface area contributed by atoms with E-state index in [1.807, 2.05) is 24.3 Å². The van der Waals surface area contributed by atoms with Gasteiger partial charge in [-0.25, -0.2) is 0 Å². The molecule has 1 heterocycles. The molecule has 0 saturated carbocycles. The summed E-state index contributed by atoms with van der Waals surface area (Å²) in [5, 5.41) is 0. The molecule has 0 spiro atoms. The first-order valence-corrected chi connectivity index (χ1v) is 7.48. The normalized spacial score (nSPS) is 17.5. The topological polar surface area (TPSA) is 38.5 Å². The van der Waals surface area contributed by atoms with Gasteiger partial charge in [0.2, 0.25) is 0 Å². The lowest BCUT2D eigenvalue weighted by atomic mass is 9.94. The number of benzene rings is 1. The van der Waals surface area contributed by atoms with Crippen LogP contribution in [0.5, 0.6) is 5.75 Å². The van der Waals surface area contributed by atoms with Crippen LogP contribution in [0, 0.1) is 5.92 Å². The van der Waals surface area contributed by atoms with E-state index < -0.39 is 0 Å². The zero-order valence-corrected chi connectivity index (χ0v) is 12.0. The first kappa shape index (κ1) is 14.2. The van der Waals surface area contributed by atoms with Crippen molar-refractivity contribution in [3.05, 3.63) is 24.3 Å². The maximum absolute atomic E-state index is 5.71. The number of likely N-dealkylation sites (tertiary alicyclic amines) is 1. The Kier molecular flexibility index (Phi) is 5.52. The standard InChI is InChI=1S/C16H26N2O/c1-2-14-8-11-18(12-9-14)10-3-13-19-16-6-4-15(17)5-7-16/h4-7,14H,2-3,8-13,17H2,1H3. The Morgan fingerprint density at radius 3 is 2.53 bits per heavy atom. The molecule has 0 radical (unpaired) electrons. The van der Waals surface area contributed by atoms with Gasteiger partial charge in [-0.2, -0.15) is 0 Å². The Bertz CT molecular complexity index is 356. The Morgan fingerprint density at radius 1 is 1.21 bits per heavy atom. The van der Waals surface area contributed by atoms with Gasteiger partial charge in [-0.1, -0.05) is 13.3 Å². The number of piperidine rings is 1. The third-order valence-corrected chi connectivity index (χ3v) is 4.05. The highest BCUT2D eigenvalue weighted by molar-refractivity contribution is 5.41. The van der Waals surface area contributed by atoms with E-state index >= 15 is 0 Å².